The van der Waals surface area contributed by atoms with Gasteiger partial charge < -0.3 is 9.47 Å². The molecule has 3 aromatic rings. The highest BCUT2D eigenvalue weighted by Crippen LogP contribution is 2.26. The minimum Gasteiger partial charge on any atom is -0.465 e. The molecule has 31 heavy (non-hydrogen) atoms. The Balaban J connectivity index is 0.000000344. The van der Waals surface area contributed by atoms with Gasteiger partial charge in [-0.3, -0.25) is 4.98 Å². The van der Waals surface area contributed by atoms with E-state index < -0.39 is 28.6 Å². The van der Waals surface area contributed by atoms with Crippen molar-refractivity contribution < 1.29 is 27.8 Å². The van der Waals surface area contributed by atoms with Crippen molar-refractivity contribution in [1.29, 1.82) is 0 Å². The van der Waals surface area contributed by atoms with Gasteiger partial charge in [0.15, 0.2) is 0 Å². The molecule has 164 valence electrons. The average molecular weight is 492 g/mol. The van der Waals surface area contributed by atoms with E-state index in [1.165, 1.54) is 50.9 Å². The van der Waals surface area contributed by atoms with Gasteiger partial charge in [0.1, 0.15) is 21.8 Å². The molecule has 0 radical (unpaired) electrons. The minimum atomic E-state index is -0.887. The van der Waals surface area contributed by atoms with Crippen LogP contribution in [0.5, 0.6) is 0 Å². The maximum Gasteiger partial charge on any atom is 0.338 e. The van der Waals surface area contributed by atoms with Gasteiger partial charge in [0, 0.05) is 18.0 Å². The summed E-state index contributed by atoms with van der Waals surface area (Å²) in [4.78, 5) is 29.9. The molecular weight excluding hydrogens is 477 g/mol. The third-order valence-corrected chi connectivity index (χ3v) is 4.18. The van der Waals surface area contributed by atoms with E-state index in [-0.39, 0.29) is 34.4 Å². The highest BCUT2D eigenvalue weighted by atomic mass is 35.5. The summed E-state index contributed by atoms with van der Waals surface area (Å²) in [7, 11) is 2.56. The van der Waals surface area contributed by atoms with Gasteiger partial charge in [-0.1, -0.05) is 23.2 Å². The summed E-state index contributed by atoms with van der Waals surface area (Å²) >= 11 is 10.9. The number of halogens is 5. The Hall–Kier alpha value is -2.81. The molecule has 1 aromatic carbocycles. The van der Waals surface area contributed by atoms with E-state index in [9.17, 15) is 18.4 Å². The molecule has 0 aliphatic heterocycles. The Kier molecular flexibility index (Phi) is 10.3. The molecule has 0 N–H and O–H groups in total. The Morgan fingerprint density at radius 3 is 1.81 bits per heavy atom. The quantitative estimate of drug-likeness (QED) is 0.277. The summed E-state index contributed by atoms with van der Waals surface area (Å²) < 4.78 is 35.7. The molecule has 0 aliphatic carbocycles. The van der Waals surface area contributed by atoms with Crippen LogP contribution in [0.1, 0.15) is 20.7 Å². The van der Waals surface area contributed by atoms with E-state index in [0.29, 0.717) is 5.56 Å². The number of benzene rings is 1. The second-order valence-corrected chi connectivity index (χ2v) is 6.30. The van der Waals surface area contributed by atoms with E-state index in [2.05, 4.69) is 19.4 Å². The van der Waals surface area contributed by atoms with E-state index in [4.69, 9.17) is 23.2 Å². The van der Waals surface area contributed by atoms with Crippen LogP contribution in [0.15, 0.2) is 48.8 Å². The predicted octanol–water partition coefficient (Wildman–Crippen LogP) is 5.41. The summed E-state index contributed by atoms with van der Waals surface area (Å²) in [5.41, 5.74) is 1.08. The lowest BCUT2D eigenvalue weighted by Crippen LogP contribution is -2.01. The monoisotopic (exact) mass is 490 g/mol. The van der Waals surface area contributed by atoms with Crippen molar-refractivity contribution in [2.75, 3.05) is 14.2 Å². The van der Waals surface area contributed by atoms with Crippen LogP contribution in [0.3, 0.4) is 0 Å². The number of nitrogens with zero attached hydrogens (tertiary/aromatic N) is 2. The normalized spacial score (nSPS) is 9.61. The van der Waals surface area contributed by atoms with Crippen LogP contribution in [0.2, 0.25) is 10.2 Å². The fourth-order valence-electron chi connectivity index (χ4n) is 2.18. The Labute approximate surface area is 192 Å². The molecule has 0 unspecified atom stereocenters. The van der Waals surface area contributed by atoms with Crippen LogP contribution in [-0.2, 0) is 9.47 Å². The Morgan fingerprint density at radius 2 is 1.32 bits per heavy atom. The highest BCUT2D eigenvalue weighted by Gasteiger charge is 2.13. The molecule has 0 amide bonds. The number of carbonyl (C=O) groups excluding carboxylic acids is 2. The molecule has 0 saturated heterocycles. The second-order valence-electron chi connectivity index (χ2n) is 5.53. The third kappa shape index (κ3) is 7.13. The lowest BCUT2D eigenvalue weighted by Gasteiger charge is -2.05. The number of carbonyl (C=O) groups is 2. The summed E-state index contributed by atoms with van der Waals surface area (Å²) in [5.74, 6) is -2.74. The first-order valence-electron chi connectivity index (χ1n) is 8.16. The van der Waals surface area contributed by atoms with Crippen molar-refractivity contribution in [3.63, 3.8) is 0 Å². The van der Waals surface area contributed by atoms with Gasteiger partial charge >= 0.3 is 11.9 Å². The van der Waals surface area contributed by atoms with Gasteiger partial charge in [0.2, 0.25) is 0 Å². The molecule has 2 heterocycles. The molecular formula is C20H15Cl3F2N2O4. The van der Waals surface area contributed by atoms with Crippen LogP contribution < -0.4 is 0 Å². The van der Waals surface area contributed by atoms with Crippen molar-refractivity contribution in [2.24, 2.45) is 0 Å². The lowest BCUT2D eigenvalue weighted by molar-refractivity contribution is 0.0592. The van der Waals surface area contributed by atoms with Crippen LogP contribution >= 0.6 is 35.6 Å². The van der Waals surface area contributed by atoms with Crippen molar-refractivity contribution in [2.45, 2.75) is 0 Å². The highest BCUT2D eigenvalue weighted by molar-refractivity contribution is 6.31. The lowest BCUT2D eigenvalue weighted by atomic mass is 10.1. The zero-order valence-electron chi connectivity index (χ0n) is 16.1. The molecule has 2 aromatic heterocycles. The summed E-state index contributed by atoms with van der Waals surface area (Å²) in [6.07, 6.45) is 2.81. The molecule has 0 atom stereocenters. The number of ether oxygens (including phenoxy) is 2. The molecule has 0 saturated carbocycles. The zero-order chi connectivity index (χ0) is 22.3. The van der Waals surface area contributed by atoms with E-state index in [1.807, 2.05) is 0 Å². The number of methoxy groups -OCH3 is 2. The molecule has 0 bridgehead atoms. The first-order chi connectivity index (χ1) is 14.3. The zero-order valence-corrected chi connectivity index (χ0v) is 18.4. The van der Waals surface area contributed by atoms with Crippen LogP contribution in [-0.4, -0.2) is 36.1 Å². The topological polar surface area (TPSA) is 78.4 Å². The first-order valence-corrected chi connectivity index (χ1v) is 8.91. The van der Waals surface area contributed by atoms with E-state index in [0.717, 1.165) is 12.1 Å². The van der Waals surface area contributed by atoms with Gasteiger partial charge in [0.05, 0.1) is 31.0 Å². The molecule has 6 nitrogen and oxygen atoms in total. The van der Waals surface area contributed by atoms with E-state index >= 15 is 0 Å². The number of aromatic nitrogens is 2. The van der Waals surface area contributed by atoms with Crippen LogP contribution in [0.25, 0.3) is 11.3 Å². The number of pyridine rings is 2. The standard InChI is InChI=1S/C13H8ClF2NO2.C7H6ClNO2.ClH/c1-19-13(18)7-2-3-17-11(6-7)8-4-9(15)12(14)10(16)5-8;1-11-7(10)5-2-3-9-6(8)4-5;/h2-6H,1H3;2-4H,1H3;1H. The Bertz CT molecular complexity index is 1060. The largest absolute Gasteiger partial charge is 0.465 e. The van der Waals surface area contributed by atoms with Crippen molar-refractivity contribution >= 4 is 47.5 Å². The molecule has 0 fully saturated rings. The van der Waals surface area contributed by atoms with Gasteiger partial charge in [-0.25, -0.2) is 23.4 Å². The molecule has 11 heteroatoms. The maximum absolute atomic E-state index is 13.4. The molecule has 0 spiro atoms. The third-order valence-electron chi connectivity index (χ3n) is 3.61. The second kappa shape index (κ2) is 12.1. The first kappa shape index (κ1) is 26.2. The number of rotatable bonds is 3. The number of hydrogen-bond acceptors (Lipinski definition) is 6. The average Bonchev–Trinajstić information content (AvgIpc) is 2.76. The SMILES string of the molecule is COC(=O)c1ccnc(-c2cc(F)c(Cl)c(F)c2)c1.COC(=O)c1ccnc(Cl)c1.Cl. The summed E-state index contributed by atoms with van der Waals surface area (Å²) in [6, 6.07) is 7.92. The summed E-state index contributed by atoms with van der Waals surface area (Å²) in [5, 5.41) is -0.291. The smallest absolute Gasteiger partial charge is 0.338 e. The number of hydrogen-bond donors (Lipinski definition) is 0. The van der Waals surface area contributed by atoms with Crippen molar-refractivity contribution in [3.05, 3.63) is 81.7 Å². The van der Waals surface area contributed by atoms with Crippen LogP contribution in [0.4, 0.5) is 8.78 Å². The van der Waals surface area contributed by atoms with E-state index in [1.54, 1.807) is 0 Å². The van der Waals surface area contributed by atoms with Gasteiger partial charge in [-0.2, -0.15) is 0 Å². The number of esters is 2. The molecule has 0 aliphatic rings. The van der Waals surface area contributed by atoms with Crippen molar-refractivity contribution in [1.82, 2.24) is 9.97 Å². The fourth-order valence-corrected chi connectivity index (χ4v) is 2.47. The van der Waals surface area contributed by atoms with Crippen LogP contribution in [0, 0.1) is 11.6 Å². The van der Waals surface area contributed by atoms with Gasteiger partial charge in [0.25, 0.3) is 0 Å². The maximum atomic E-state index is 13.4. The van der Waals surface area contributed by atoms with Gasteiger partial charge in [-0.05, 0) is 36.4 Å². The minimum absolute atomic E-state index is 0. The predicted molar refractivity (Wildman–Crippen MR) is 114 cm³/mol. The fraction of sp³-hybridized carbons (Fsp3) is 0.100. The molecule has 3 rings (SSSR count). The Morgan fingerprint density at radius 1 is 0.839 bits per heavy atom. The van der Waals surface area contributed by atoms with Crippen molar-refractivity contribution in [3.8, 4) is 11.3 Å². The summed E-state index contributed by atoms with van der Waals surface area (Å²) in [6.45, 7) is 0. The van der Waals surface area contributed by atoms with Gasteiger partial charge in [-0.15, -0.1) is 12.4 Å².